The molecule has 3 aromatic heterocycles. The predicted molar refractivity (Wildman–Crippen MR) is 91.2 cm³/mol. The van der Waals surface area contributed by atoms with Crippen LogP contribution in [0.1, 0.15) is 52.3 Å². The minimum absolute atomic E-state index is 0.0287. The maximum absolute atomic E-state index is 13.2. The van der Waals surface area contributed by atoms with Crippen LogP contribution in [0.25, 0.3) is 10.8 Å². The molecule has 3 aromatic rings. The lowest BCUT2D eigenvalue weighted by Gasteiger charge is -2.33. The fourth-order valence-corrected chi connectivity index (χ4v) is 4.13. The number of furan rings is 1. The summed E-state index contributed by atoms with van der Waals surface area (Å²) in [5, 5.41) is 4.66. The normalized spacial score (nSPS) is 17.8. The molecule has 0 unspecified atom stereocenters. The van der Waals surface area contributed by atoms with Crippen LogP contribution in [0, 0.1) is 13.8 Å². The first-order valence-electron chi connectivity index (χ1n) is 8.25. The topological polar surface area (TPSA) is 85.3 Å². The Bertz CT molecular complexity index is 884. The molecule has 7 nitrogen and oxygen atoms in total. The lowest BCUT2D eigenvalue weighted by atomic mass is 10.0. The van der Waals surface area contributed by atoms with Gasteiger partial charge in [-0.2, -0.15) is 4.98 Å². The Hall–Kier alpha value is -2.48. The molecule has 25 heavy (non-hydrogen) atoms. The fourth-order valence-electron chi connectivity index (χ4n) is 3.15. The van der Waals surface area contributed by atoms with Gasteiger partial charge in [-0.3, -0.25) is 4.79 Å². The van der Waals surface area contributed by atoms with Crippen LogP contribution in [-0.2, 0) is 0 Å². The molecule has 0 N–H and O–H groups in total. The first-order valence-corrected chi connectivity index (χ1v) is 9.06. The zero-order chi connectivity index (χ0) is 17.4. The van der Waals surface area contributed by atoms with Gasteiger partial charge < -0.3 is 13.8 Å². The molecular formula is C17H18N4O3S. The molecule has 0 radical (unpaired) electrons. The molecule has 1 atom stereocenters. The van der Waals surface area contributed by atoms with Crippen LogP contribution in [0.15, 0.2) is 27.5 Å². The smallest absolute Gasteiger partial charge is 0.266 e. The first-order chi connectivity index (χ1) is 12.1. The molecule has 8 heteroatoms. The van der Waals surface area contributed by atoms with Crippen molar-refractivity contribution < 1.29 is 13.7 Å². The minimum atomic E-state index is -0.143. The summed E-state index contributed by atoms with van der Waals surface area (Å²) in [5.74, 6) is 2.05. The zero-order valence-corrected chi connectivity index (χ0v) is 14.9. The van der Waals surface area contributed by atoms with Crippen molar-refractivity contribution in [2.24, 2.45) is 0 Å². The van der Waals surface area contributed by atoms with Gasteiger partial charge >= 0.3 is 0 Å². The molecule has 1 aliphatic heterocycles. The Morgan fingerprint density at radius 3 is 2.92 bits per heavy atom. The number of aryl methyl sites for hydroxylation is 2. The van der Waals surface area contributed by atoms with Crippen molar-refractivity contribution in [1.29, 1.82) is 0 Å². The number of aromatic nitrogens is 3. The van der Waals surface area contributed by atoms with E-state index in [0.717, 1.165) is 35.7 Å². The largest absolute Gasteiger partial charge is 0.459 e. The number of nitrogens with zero attached hydrogens (tertiary/aromatic N) is 4. The average Bonchev–Trinajstić information content (AvgIpc) is 3.35. The predicted octanol–water partition coefficient (Wildman–Crippen LogP) is 3.77. The van der Waals surface area contributed by atoms with E-state index < -0.39 is 0 Å². The summed E-state index contributed by atoms with van der Waals surface area (Å²) < 4.78 is 10.5. The maximum Gasteiger partial charge on any atom is 0.266 e. The average molecular weight is 358 g/mol. The molecule has 0 saturated carbocycles. The van der Waals surface area contributed by atoms with Crippen LogP contribution < -0.4 is 0 Å². The highest BCUT2D eigenvalue weighted by molar-refractivity contribution is 7.17. The molecule has 1 fully saturated rings. The number of rotatable bonds is 3. The number of carbonyl (C=O) groups is 1. The monoisotopic (exact) mass is 358 g/mol. The van der Waals surface area contributed by atoms with Crippen molar-refractivity contribution in [1.82, 2.24) is 20.0 Å². The van der Waals surface area contributed by atoms with E-state index in [1.54, 1.807) is 0 Å². The van der Waals surface area contributed by atoms with Gasteiger partial charge in [0, 0.05) is 6.54 Å². The summed E-state index contributed by atoms with van der Waals surface area (Å²) in [6, 6.07) is 3.63. The van der Waals surface area contributed by atoms with E-state index in [-0.39, 0.29) is 11.9 Å². The first kappa shape index (κ1) is 16.0. The van der Waals surface area contributed by atoms with Crippen LogP contribution in [0.5, 0.6) is 0 Å². The number of carbonyl (C=O) groups excluding carboxylic acids is 1. The summed E-state index contributed by atoms with van der Waals surface area (Å²) >= 11 is 1.37. The van der Waals surface area contributed by atoms with Gasteiger partial charge in [-0.05, 0) is 45.2 Å². The number of thiazole rings is 1. The molecule has 130 valence electrons. The molecule has 0 spiro atoms. The molecule has 1 aliphatic rings. The molecule has 1 amide bonds. The van der Waals surface area contributed by atoms with Gasteiger partial charge in [0.05, 0.1) is 11.7 Å². The Morgan fingerprint density at radius 1 is 1.32 bits per heavy atom. The van der Waals surface area contributed by atoms with Gasteiger partial charge in [0.25, 0.3) is 5.91 Å². The standard InChI is InChI=1S/C17H18N4O3S/c1-10-6-7-13(24-10)16-19-11(2)14(25-16)17(22)21-8-4-3-5-12(21)15-18-9-23-20-15/h6-7,9,12H,3-5,8H2,1-2H3/t12-/m1/s1. The Kier molecular flexibility index (Phi) is 4.12. The van der Waals surface area contributed by atoms with Gasteiger partial charge in [0.15, 0.2) is 16.6 Å². The van der Waals surface area contributed by atoms with E-state index in [4.69, 9.17) is 8.94 Å². The van der Waals surface area contributed by atoms with E-state index in [0.29, 0.717) is 23.0 Å². The number of piperidine rings is 1. The molecule has 1 saturated heterocycles. The summed E-state index contributed by atoms with van der Waals surface area (Å²) in [6.45, 7) is 4.43. The third-order valence-corrected chi connectivity index (χ3v) is 5.54. The van der Waals surface area contributed by atoms with E-state index in [1.807, 2.05) is 30.9 Å². The van der Waals surface area contributed by atoms with Gasteiger partial charge in [0.2, 0.25) is 6.39 Å². The maximum atomic E-state index is 13.2. The number of hydrogen-bond donors (Lipinski definition) is 0. The Morgan fingerprint density at radius 2 is 2.20 bits per heavy atom. The van der Waals surface area contributed by atoms with Crippen molar-refractivity contribution in [3.63, 3.8) is 0 Å². The van der Waals surface area contributed by atoms with Crippen LogP contribution in [0.3, 0.4) is 0 Å². The third-order valence-electron chi connectivity index (χ3n) is 4.38. The molecule has 0 aromatic carbocycles. The van der Waals surface area contributed by atoms with Crippen molar-refractivity contribution >= 4 is 17.2 Å². The highest BCUT2D eigenvalue weighted by atomic mass is 32.1. The summed E-state index contributed by atoms with van der Waals surface area (Å²) in [4.78, 5) is 24.3. The Balaban J connectivity index is 1.64. The van der Waals surface area contributed by atoms with Crippen LogP contribution in [-0.4, -0.2) is 32.5 Å². The van der Waals surface area contributed by atoms with E-state index in [1.165, 1.54) is 17.7 Å². The second kappa shape index (κ2) is 6.44. The number of hydrogen-bond acceptors (Lipinski definition) is 7. The summed E-state index contributed by atoms with van der Waals surface area (Å²) in [7, 11) is 0. The van der Waals surface area contributed by atoms with Gasteiger partial charge in [0.1, 0.15) is 10.6 Å². The quantitative estimate of drug-likeness (QED) is 0.708. The summed E-state index contributed by atoms with van der Waals surface area (Å²) in [5.41, 5.74) is 0.719. The highest BCUT2D eigenvalue weighted by Gasteiger charge is 2.33. The van der Waals surface area contributed by atoms with E-state index in [9.17, 15) is 4.79 Å². The molecule has 4 rings (SSSR count). The van der Waals surface area contributed by atoms with Gasteiger partial charge in [-0.1, -0.05) is 5.16 Å². The van der Waals surface area contributed by atoms with Gasteiger partial charge in [-0.15, -0.1) is 11.3 Å². The fraction of sp³-hybridized carbons (Fsp3) is 0.412. The lowest BCUT2D eigenvalue weighted by molar-refractivity contribution is 0.0601. The summed E-state index contributed by atoms with van der Waals surface area (Å²) in [6.07, 6.45) is 4.17. The Labute approximate surface area is 148 Å². The highest BCUT2D eigenvalue weighted by Crippen LogP contribution is 2.34. The SMILES string of the molecule is Cc1ccc(-c2nc(C)c(C(=O)N3CCCC[C@@H]3c3ncon3)s2)o1. The second-order valence-electron chi connectivity index (χ2n) is 6.14. The van der Waals surface area contributed by atoms with E-state index in [2.05, 4.69) is 15.1 Å². The van der Waals surface area contributed by atoms with E-state index >= 15 is 0 Å². The van der Waals surface area contributed by atoms with Gasteiger partial charge in [-0.25, -0.2) is 4.98 Å². The zero-order valence-electron chi connectivity index (χ0n) is 14.1. The van der Waals surface area contributed by atoms with Crippen LogP contribution >= 0.6 is 11.3 Å². The number of amides is 1. The van der Waals surface area contributed by atoms with Crippen molar-refractivity contribution in [2.45, 2.75) is 39.2 Å². The lowest BCUT2D eigenvalue weighted by Crippen LogP contribution is -2.38. The molecule has 0 aliphatic carbocycles. The number of likely N-dealkylation sites (tertiary alicyclic amines) is 1. The van der Waals surface area contributed by atoms with Crippen LogP contribution in [0.2, 0.25) is 0 Å². The molecule has 4 heterocycles. The minimum Gasteiger partial charge on any atom is -0.459 e. The second-order valence-corrected chi connectivity index (χ2v) is 7.14. The molecule has 0 bridgehead atoms. The third kappa shape index (κ3) is 2.97. The molecular weight excluding hydrogens is 340 g/mol. The van der Waals surface area contributed by atoms with Crippen LogP contribution in [0.4, 0.5) is 0 Å². The van der Waals surface area contributed by atoms with Crippen molar-refractivity contribution in [3.05, 3.63) is 40.7 Å². The van der Waals surface area contributed by atoms with Crippen molar-refractivity contribution in [2.75, 3.05) is 6.54 Å². The van der Waals surface area contributed by atoms with Crippen molar-refractivity contribution in [3.8, 4) is 10.8 Å².